The quantitative estimate of drug-likeness (QED) is 0.239. The number of esters is 1. The summed E-state index contributed by atoms with van der Waals surface area (Å²) in [6, 6.07) is 4.40. The molecule has 1 aromatic rings. The van der Waals surface area contributed by atoms with E-state index in [1.165, 1.54) is 77.0 Å². The Morgan fingerprint density at radius 1 is 1.03 bits per heavy atom. The van der Waals surface area contributed by atoms with Crippen molar-refractivity contribution in [1.29, 1.82) is 0 Å². The molecule has 0 saturated heterocycles. The van der Waals surface area contributed by atoms with Gasteiger partial charge in [0.25, 0.3) is 0 Å². The molecule has 4 heteroatoms. The minimum Gasteiger partial charge on any atom is -0.497 e. The standard InChI is InChI=1S/C29H41FO3/c1-3-4-5-7-20-10-12-21(13-11-20)22-14-16-25-23(18-22)8-6-9-26(25)29(31)33-28-17-15-24(32-2)19-27(28)30/h3-4,15,17,19-23,25-26H,5-14,16,18H2,1-2H3/b4-3+. The molecule has 3 fully saturated rings. The third kappa shape index (κ3) is 6.00. The van der Waals surface area contributed by atoms with Crippen molar-refractivity contribution in [3.05, 3.63) is 36.2 Å². The Morgan fingerprint density at radius 2 is 1.82 bits per heavy atom. The van der Waals surface area contributed by atoms with Crippen LogP contribution in [0.25, 0.3) is 0 Å². The summed E-state index contributed by atoms with van der Waals surface area (Å²) in [5.74, 6) is 3.23. The number of rotatable bonds is 7. The summed E-state index contributed by atoms with van der Waals surface area (Å²) in [4.78, 5) is 13.0. The number of carbonyl (C=O) groups is 1. The van der Waals surface area contributed by atoms with E-state index in [0.29, 0.717) is 17.6 Å². The van der Waals surface area contributed by atoms with Crippen molar-refractivity contribution in [2.45, 2.75) is 84.0 Å². The van der Waals surface area contributed by atoms with Crippen molar-refractivity contribution in [2.24, 2.45) is 35.5 Å². The maximum absolute atomic E-state index is 14.3. The number of hydrogen-bond acceptors (Lipinski definition) is 3. The monoisotopic (exact) mass is 456 g/mol. The molecule has 0 N–H and O–H groups in total. The van der Waals surface area contributed by atoms with Crippen molar-refractivity contribution in [3.63, 3.8) is 0 Å². The normalized spacial score (nSPS) is 32.3. The molecule has 1 aromatic carbocycles. The lowest BCUT2D eigenvalue weighted by atomic mass is 9.59. The highest BCUT2D eigenvalue weighted by Gasteiger charge is 2.43. The average molecular weight is 457 g/mol. The van der Waals surface area contributed by atoms with E-state index in [4.69, 9.17) is 9.47 Å². The number of benzene rings is 1. The zero-order valence-electron chi connectivity index (χ0n) is 20.4. The molecule has 3 aliphatic rings. The maximum atomic E-state index is 14.3. The lowest BCUT2D eigenvalue weighted by molar-refractivity contribution is -0.144. The molecule has 182 valence electrons. The van der Waals surface area contributed by atoms with Crippen molar-refractivity contribution in [2.75, 3.05) is 7.11 Å². The van der Waals surface area contributed by atoms with Crippen LogP contribution in [-0.4, -0.2) is 13.1 Å². The van der Waals surface area contributed by atoms with Gasteiger partial charge in [0, 0.05) is 6.07 Å². The van der Waals surface area contributed by atoms with Crippen LogP contribution in [0.4, 0.5) is 4.39 Å². The van der Waals surface area contributed by atoms with Crippen molar-refractivity contribution in [1.82, 2.24) is 0 Å². The Balaban J connectivity index is 1.30. The first-order chi connectivity index (χ1) is 16.1. The largest absolute Gasteiger partial charge is 0.497 e. The Kier molecular flexibility index (Phi) is 8.49. The summed E-state index contributed by atoms with van der Waals surface area (Å²) in [6.07, 6.45) is 19.5. The van der Waals surface area contributed by atoms with Gasteiger partial charge < -0.3 is 9.47 Å². The summed E-state index contributed by atoms with van der Waals surface area (Å²) < 4.78 is 24.9. The topological polar surface area (TPSA) is 35.5 Å². The van der Waals surface area contributed by atoms with Gasteiger partial charge in [-0.15, -0.1) is 0 Å². The summed E-state index contributed by atoms with van der Waals surface area (Å²) in [7, 11) is 1.50. The lowest BCUT2D eigenvalue weighted by Gasteiger charge is -2.46. The molecule has 3 aliphatic carbocycles. The number of ether oxygens (including phenoxy) is 2. The van der Waals surface area contributed by atoms with Crippen molar-refractivity contribution in [3.8, 4) is 11.5 Å². The second-order valence-electron chi connectivity index (χ2n) is 10.7. The predicted molar refractivity (Wildman–Crippen MR) is 130 cm³/mol. The summed E-state index contributed by atoms with van der Waals surface area (Å²) in [6.45, 7) is 2.11. The molecule has 3 nitrogen and oxygen atoms in total. The van der Waals surface area contributed by atoms with E-state index < -0.39 is 5.82 Å². The second kappa shape index (κ2) is 11.5. The van der Waals surface area contributed by atoms with E-state index in [0.717, 1.165) is 37.0 Å². The van der Waals surface area contributed by atoms with Gasteiger partial charge in [-0.1, -0.05) is 37.8 Å². The van der Waals surface area contributed by atoms with Gasteiger partial charge in [0.2, 0.25) is 0 Å². The first-order valence-electron chi connectivity index (χ1n) is 13.3. The van der Waals surface area contributed by atoms with Gasteiger partial charge >= 0.3 is 5.97 Å². The zero-order valence-corrected chi connectivity index (χ0v) is 20.4. The van der Waals surface area contributed by atoms with Gasteiger partial charge in [0.1, 0.15) is 5.75 Å². The van der Waals surface area contributed by atoms with Gasteiger partial charge in [0.05, 0.1) is 13.0 Å². The third-order valence-electron chi connectivity index (χ3n) is 8.88. The highest BCUT2D eigenvalue weighted by molar-refractivity contribution is 5.75. The fourth-order valence-electron chi connectivity index (χ4n) is 7.04. The minimum absolute atomic E-state index is 0.0165. The molecular formula is C29H41FO3. The molecular weight excluding hydrogens is 415 g/mol. The smallest absolute Gasteiger partial charge is 0.314 e. The number of carbonyl (C=O) groups excluding carboxylic acids is 1. The molecule has 4 atom stereocenters. The summed E-state index contributed by atoms with van der Waals surface area (Å²) in [5.41, 5.74) is 0. The molecule has 0 radical (unpaired) electrons. The van der Waals surface area contributed by atoms with Crippen LogP contribution in [0, 0.1) is 41.3 Å². The van der Waals surface area contributed by atoms with E-state index >= 15 is 0 Å². The van der Waals surface area contributed by atoms with E-state index in [1.807, 2.05) is 0 Å². The van der Waals surface area contributed by atoms with Crippen LogP contribution in [0.1, 0.15) is 84.0 Å². The van der Waals surface area contributed by atoms with Crippen molar-refractivity contribution >= 4 is 5.97 Å². The van der Waals surface area contributed by atoms with Crippen LogP contribution in [0.15, 0.2) is 30.4 Å². The van der Waals surface area contributed by atoms with E-state index in [1.54, 1.807) is 6.07 Å². The van der Waals surface area contributed by atoms with Crippen LogP contribution in [-0.2, 0) is 4.79 Å². The molecule has 0 amide bonds. The van der Waals surface area contributed by atoms with Crippen LogP contribution in [0.2, 0.25) is 0 Å². The highest BCUT2D eigenvalue weighted by Crippen LogP contribution is 2.50. The first kappa shape index (κ1) is 24.3. The summed E-state index contributed by atoms with van der Waals surface area (Å²) in [5, 5.41) is 0. The SMILES string of the molecule is C/C=C/CCC1CCC(C2CCC3C(CCCC3C(=O)Oc3ccc(OC)cc3F)C2)CC1. The molecule has 4 unspecified atom stereocenters. The van der Waals surface area contributed by atoms with Gasteiger partial charge in [-0.3, -0.25) is 4.79 Å². The third-order valence-corrected chi connectivity index (χ3v) is 8.88. The Morgan fingerprint density at radius 3 is 2.55 bits per heavy atom. The highest BCUT2D eigenvalue weighted by atomic mass is 19.1. The van der Waals surface area contributed by atoms with E-state index in [9.17, 15) is 9.18 Å². The number of hydrogen-bond donors (Lipinski definition) is 0. The molecule has 4 rings (SSSR count). The number of allylic oxidation sites excluding steroid dienone is 2. The molecule has 0 aromatic heterocycles. The molecule has 0 aliphatic heterocycles. The summed E-state index contributed by atoms with van der Waals surface area (Å²) >= 11 is 0. The average Bonchev–Trinajstić information content (AvgIpc) is 2.85. The lowest BCUT2D eigenvalue weighted by Crippen LogP contribution is -2.40. The molecule has 33 heavy (non-hydrogen) atoms. The molecule has 0 heterocycles. The van der Waals surface area contributed by atoms with E-state index in [2.05, 4.69) is 19.1 Å². The Hall–Kier alpha value is -1.84. The zero-order chi connectivity index (χ0) is 23.2. The van der Waals surface area contributed by atoms with E-state index in [-0.39, 0.29) is 17.6 Å². The number of fused-ring (bicyclic) bond motifs is 1. The Labute approximate surface area is 199 Å². The fourth-order valence-corrected chi connectivity index (χ4v) is 7.04. The predicted octanol–water partition coefficient (Wildman–Crippen LogP) is 7.74. The van der Waals surface area contributed by atoms with Gasteiger partial charge in [-0.05, 0) is 100 Å². The number of halogens is 1. The molecule has 3 saturated carbocycles. The minimum atomic E-state index is -0.542. The first-order valence-corrected chi connectivity index (χ1v) is 13.3. The molecule has 0 spiro atoms. The van der Waals surface area contributed by atoms with Gasteiger partial charge in [-0.25, -0.2) is 4.39 Å². The van der Waals surface area contributed by atoms with Gasteiger partial charge in [-0.2, -0.15) is 0 Å². The van der Waals surface area contributed by atoms with Crippen LogP contribution >= 0.6 is 0 Å². The Bertz CT molecular complexity index is 811. The maximum Gasteiger partial charge on any atom is 0.314 e. The number of methoxy groups -OCH3 is 1. The molecule has 0 bridgehead atoms. The fraction of sp³-hybridized carbons (Fsp3) is 0.690. The van der Waals surface area contributed by atoms with Gasteiger partial charge in [0.15, 0.2) is 11.6 Å². The van der Waals surface area contributed by atoms with Crippen molar-refractivity contribution < 1.29 is 18.7 Å². The van der Waals surface area contributed by atoms with Crippen LogP contribution < -0.4 is 9.47 Å². The second-order valence-corrected chi connectivity index (χ2v) is 10.7. The van der Waals surface area contributed by atoms with Crippen LogP contribution in [0.3, 0.4) is 0 Å². The van der Waals surface area contributed by atoms with Crippen LogP contribution in [0.5, 0.6) is 11.5 Å².